The van der Waals surface area contributed by atoms with Crippen LogP contribution in [0.25, 0.3) is 0 Å². The number of aromatic hydroxyl groups is 2. The van der Waals surface area contributed by atoms with Crippen molar-refractivity contribution in [2.75, 3.05) is 0 Å². The van der Waals surface area contributed by atoms with Gasteiger partial charge in [0.1, 0.15) is 22.1 Å². The van der Waals surface area contributed by atoms with Crippen molar-refractivity contribution in [3.05, 3.63) is 217 Å². The molecule has 0 fully saturated rings. The number of phenols is 2. The maximum atomic E-state index is 14.3. The van der Waals surface area contributed by atoms with Gasteiger partial charge in [-0.3, -0.25) is 0 Å². The van der Waals surface area contributed by atoms with Gasteiger partial charge in [0.2, 0.25) is 0 Å². The van der Waals surface area contributed by atoms with Crippen LogP contribution in [0.4, 0.5) is 0 Å². The average molecular weight is 894 g/mol. The fraction of sp³-hybridized carbons (Fsp3) is 0.276. The highest BCUT2D eigenvalue weighted by atomic mass is 32.2. The van der Waals surface area contributed by atoms with Crippen LogP contribution in [-0.4, -0.2) is 18.6 Å². The quantitative estimate of drug-likeness (QED) is 0.154. The fourth-order valence-electron chi connectivity index (χ4n) is 8.13. The third kappa shape index (κ3) is 13.1. The number of phenolic OH excluding ortho intramolecular Hbond substituents is 2. The zero-order valence-electron chi connectivity index (χ0n) is 38.0. The van der Waals surface area contributed by atoms with Crippen LogP contribution in [0, 0.1) is 13.8 Å². The molecule has 0 spiro atoms. The molecular weight excluding hydrogens is 825 g/mol. The van der Waals surface area contributed by atoms with Crippen molar-refractivity contribution in [2.24, 2.45) is 0 Å². The van der Waals surface area contributed by atoms with E-state index < -0.39 is 10.1 Å². The maximum absolute atomic E-state index is 14.3. The van der Waals surface area contributed by atoms with E-state index in [2.05, 4.69) is 12.1 Å². The summed E-state index contributed by atoms with van der Waals surface area (Å²) in [4.78, 5) is 0.0139. The predicted molar refractivity (Wildman–Crippen MR) is 269 cm³/mol. The van der Waals surface area contributed by atoms with E-state index >= 15 is 0 Å². The van der Waals surface area contributed by atoms with E-state index in [4.69, 9.17) is 4.18 Å². The Kier molecular flexibility index (Phi) is 20.1. The van der Waals surface area contributed by atoms with Crippen LogP contribution in [0.2, 0.25) is 0 Å². The van der Waals surface area contributed by atoms with Crippen molar-refractivity contribution in [2.45, 2.75) is 114 Å². The van der Waals surface area contributed by atoms with Crippen molar-refractivity contribution in [1.29, 1.82) is 0 Å². The number of rotatable bonds is 7. The summed E-state index contributed by atoms with van der Waals surface area (Å²) in [5.74, 6) is 0.131. The monoisotopic (exact) mass is 893 g/mol. The van der Waals surface area contributed by atoms with E-state index in [-0.39, 0.29) is 68.4 Å². The average Bonchev–Trinajstić information content (AvgIpc) is 3.29. The van der Waals surface area contributed by atoms with E-state index in [0.717, 1.165) is 33.4 Å². The van der Waals surface area contributed by atoms with Gasteiger partial charge in [0.05, 0.1) is 0 Å². The molecule has 65 heavy (non-hydrogen) atoms. The van der Waals surface area contributed by atoms with Gasteiger partial charge in [-0.25, -0.2) is 0 Å². The Labute approximate surface area is 390 Å². The molecule has 6 nitrogen and oxygen atoms in total. The van der Waals surface area contributed by atoms with Crippen molar-refractivity contribution >= 4 is 10.1 Å². The number of aryl methyl sites for hydroxylation is 2. The van der Waals surface area contributed by atoms with Crippen molar-refractivity contribution < 1.29 is 27.9 Å². The molecule has 7 heteroatoms. The fourth-order valence-corrected chi connectivity index (χ4v) is 9.15. The van der Waals surface area contributed by atoms with Gasteiger partial charge in [0, 0.05) is 36.8 Å². The van der Waals surface area contributed by atoms with E-state index in [1.54, 1.807) is 18.2 Å². The second kappa shape index (κ2) is 24.7. The minimum Gasteiger partial charge on any atom is -0.872 e. The lowest BCUT2D eigenvalue weighted by Crippen LogP contribution is -2.14. The van der Waals surface area contributed by atoms with E-state index in [0.29, 0.717) is 57.3 Å². The molecule has 0 radical (unpaired) electrons. The first-order valence-corrected chi connectivity index (χ1v) is 23.6. The highest BCUT2D eigenvalue weighted by Gasteiger charge is 2.25. The smallest absolute Gasteiger partial charge is 0.339 e. The summed E-state index contributed by atoms with van der Waals surface area (Å²) in [6.07, 6.45) is 1.84. The highest BCUT2D eigenvalue weighted by molar-refractivity contribution is 7.87. The molecule has 8 rings (SSSR count). The minimum absolute atomic E-state index is 0. The maximum Gasteiger partial charge on any atom is 0.339 e. The summed E-state index contributed by atoms with van der Waals surface area (Å²) in [5, 5.41) is 38.4. The predicted octanol–water partition coefficient (Wildman–Crippen LogP) is 13.8. The molecule has 0 amide bonds. The lowest BCUT2D eigenvalue weighted by atomic mass is 9.87. The van der Waals surface area contributed by atoms with Crippen LogP contribution in [0.5, 0.6) is 23.0 Å². The van der Waals surface area contributed by atoms with Crippen molar-refractivity contribution in [3.63, 3.8) is 0 Å². The summed E-state index contributed by atoms with van der Waals surface area (Å²) in [6, 6.07) is 43.5. The summed E-state index contributed by atoms with van der Waals surface area (Å²) >= 11 is 0. The van der Waals surface area contributed by atoms with Gasteiger partial charge in [0.15, 0.2) is 0 Å². The molecule has 0 saturated carbocycles. The van der Waals surface area contributed by atoms with Gasteiger partial charge in [-0.2, -0.15) is 8.42 Å². The molecule has 8 bridgehead atoms. The zero-order valence-corrected chi connectivity index (χ0v) is 38.8. The minimum atomic E-state index is -4.30. The Morgan fingerprint density at radius 1 is 0.462 bits per heavy atom. The molecule has 344 valence electrons. The highest BCUT2D eigenvalue weighted by Crippen LogP contribution is 2.40. The SMILES string of the molecule is C.C.CC.CC.CC.Cc1cc2c(O)c(c1)Cc1cc(Cc3ccccc3)cc(c1OS(=O)(=O)c1ccccc1)Cc1cc(C)cc(c1O)Cc1cc(Cc3ccccc3)cc(c1[O-])C2. The molecule has 1 aliphatic carbocycles. The Morgan fingerprint density at radius 3 is 1.12 bits per heavy atom. The van der Waals surface area contributed by atoms with Crippen LogP contribution in [0.3, 0.4) is 0 Å². The Balaban J connectivity index is 0.00000135. The normalized spacial score (nSPS) is 11.3. The van der Waals surface area contributed by atoms with Gasteiger partial charge in [-0.1, -0.05) is 206 Å². The lowest BCUT2D eigenvalue weighted by molar-refractivity contribution is -0.270. The van der Waals surface area contributed by atoms with E-state index in [1.807, 2.05) is 152 Å². The second-order valence-corrected chi connectivity index (χ2v) is 16.8. The molecule has 0 aliphatic heterocycles. The third-order valence-corrected chi connectivity index (χ3v) is 11.9. The van der Waals surface area contributed by atoms with Crippen LogP contribution >= 0.6 is 0 Å². The summed E-state index contributed by atoms with van der Waals surface area (Å²) < 4.78 is 34.2. The van der Waals surface area contributed by atoms with Crippen LogP contribution in [0.15, 0.2) is 144 Å². The molecule has 2 N–H and O–H groups in total. The topological polar surface area (TPSA) is 107 Å². The van der Waals surface area contributed by atoms with E-state index in [1.165, 1.54) is 12.1 Å². The molecule has 7 aromatic carbocycles. The molecule has 0 saturated heterocycles. The van der Waals surface area contributed by atoms with Gasteiger partial charge >= 0.3 is 10.1 Å². The first-order valence-electron chi connectivity index (χ1n) is 22.2. The molecular formula is C58H69O6S-. The van der Waals surface area contributed by atoms with Gasteiger partial charge in [0.25, 0.3) is 0 Å². The standard InChI is InChI=1S/C50H44O6S.3C2H6.2CH4/c1-32-18-38-28-42-24-36(22-34-12-6-3-7-13-34)25-43(49(42)53)29-39-19-33(2)21-41(48(39)52)31-45-27-37(23-35-14-8-4-9-15-35)26-44(30-40(20-32)47(38)51)50(45)56-57(54,55)46-16-10-5-11-17-46;3*1-2;;/h3-21,24-27,51-53H,22-23,28-31H2,1-2H3;3*1-2H3;2*1H4/p-1. The summed E-state index contributed by atoms with van der Waals surface area (Å²) in [6.45, 7) is 15.9. The van der Waals surface area contributed by atoms with Gasteiger partial charge in [-0.05, 0) is 83.3 Å². The molecule has 7 aromatic rings. The third-order valence-electron chi connectivity index (χ3n) is 10.7. The number of hydrogen-bond acceptors (Lipinski definition) is 6. The Bertz CT molecular complexity index is 2600. The summed E-state index contributed by atoms with van der Waals surface area (Å²) in [7, 11) is -4.30. The van der Waals surface area contributed by atoms with Gasteiger partial charge in [-0.15, -0.1) is 5.75 Å². The Morgan fingerprint density at radius 2 is 0.769 bits per heavy atom. The van der Waals surface area contributed by atoms with Crippen LogP contribution < -0.4 is 9.29 Å². The van der Waals surface area contributed by atoms with Crippen LogP contribution in [0.1, 0.15) is 134 Å². The Hall–Kier alpha value is -6.31. The number of hydrogen-bond donors (Lipinski definition) is 2. The lowest BCUT2D eigenvalue weighted by Gasteiger charge is -2.24. The van der Waals surface area contributed by atoms with Crippen molar-refractivity contribution in [1.82, 2.24) is 0 Å². The first kappa shape index (κ1) is 53.0. The molecule has 0 aromatic heterocycles. The van der Waals surface area contributed by atoms with E-state index in [9.17, 15) is 23.7 Å². The molecule has 0 atom stereocenters. The second-order valence-electron chi connectivity index (χ2n) is 15.2. The van der Waals surface area contributed by atoms with Crippen LogP contribution in [-0.2, 0) is 48.6 Å². The number of benzene rings is 7. The first-order chi connectivity index (χ1) is 30.5. The molecule has 1 aliphatic rings. The van der Waals surface area contributed by atoms with Gasteiger partial charge < -0.3 is 19.5 Å². The molecule has 0 unspecified atom stereocenters. The van der Waals surface area contributed by atoms with Crippen molar-refractivity contribution in [3.8, 4) is 23.0 Å². The summed E-state index contributed by atoms with van der Waals surface area (Å²) in [5.41, 5.74) is 10.4. The largest absolute Gasteiger partial charge is 0.872 e. The molecule has 0 heterocycles. The zero-order chi connectivity index (χ0) is 45.7. The number of fused-ring (bicyclic) bond motifs is 8.